The summed E-state index contributed by atoms with van der Waals surface area (Å²) in [6.07, 6.45) is 1.51. The minimum atomic E-state index is -1.09. The molecular formula is C9H18N2O2S. The second kappa shape index (κ2) is 4.89. The van der Waals surface area contributed by atoms with Gasteiger partial charge in [0.2, 0.25) is 5.91 Å². The number of hydrogen-bond acceptors (Lipinski definition) is 3. The molecule has 0 spiro atoms. The number of carbonyl (C=O) groups is 1. The molecule has 0 aliphatic carbocycles. The third-order valence-corrected chi connectivity index (χ3v) is 4.43. The van der Waals surface area contributed by atoms with Crippen LogP contribution in [0.25, 0.3) is 0 Å². The first-order valence-corrected chi connectivity index (χ1v) is 6.32. The van der Waals surface area contributed by atoms with E-state index in [4.69, 9.17) is 5.73 Å². The summed E-state index contributed by atoms with van der Waals surface area (Å²) in [6.45, 7) is 2.68. The summed E-state index contributed by atoms with van der Waals surface area (Å²) in [6, 6.07) is -0.0467. The van der Waals surface area contributed by atoms with Crippen molar-refractivity contribution >= 4 is 16.7 Å². The van der Waals surface area contributed by atoms with E-state index in [2.05, 4.69) is 0 Å². The fourth-order valence-electron chi connectivity index (χ4n) is 1.48. The van der Waals surface area contributed by atoms with Crippen LogP contribution in [0.1, 0.15) is 19.8 Å². The number of carbonyl (C=O) groups excluding carboxylic acids is 1. The molecule has 1 aliphatic heterocycles. The molecule has 82 valence electrons. The van der Waals surface area contributed by atoms with E-state index in [0.29, 0.717) is 12.2 Å². The zero-order valence-electron chi connectivity index (χ0n) is 8.73. The average molecular weight is 218 g/mol. The highest BCUT2D eigenvalue weighted by atomic mass is 32.2. The van der Waals surface area contributed by atoms with Gasteiger partial charge >= 0.3 is 0 Å². The van der Waals surface area contributed by atoms with Gasteiger partial charge in [0, 0.05) is 36.2 Å². The van der Waals surface area contributed by atoms with Crippen LogP contribution in [0.5, 0.6) is 0 Å². The van der Waals surface area contributed by atoms with Gasteiger partial charge in [-0.15, -0.1) is 0 Å². The third-order valence-electron chi connectivity index (χ3n) is 2.60. The van der Waals surface area contributed by atoms with Crippen LogP contribution in [0.2, 0.25) is 0 Å². The van der Waals surface area contributed by atoms with Gasteiger partial charge in [-0.1, -0.05) is 6.92 Å². The molecule has 14 heavy (non-hydrogen) atoms. The van der Waals surface area contributed by atoms with Gasteiger partial charge in [0.1, 0.15) is 5.25 Å². The van der Waals surface area contributed by atoms with Crippen LogP contribution >= 0.6 is 0 Å². The molecule has 0 aromatic carbocycles. The van der Waals surface area contributed by atoms with Crippen LogP contribution in [-0.4, -0.2) is 45.7 Å². The van der Waals surface area contributed by atoms with Gasteiger partial charge in [-0.25, -0.2) is 0 Å². The molecule has 2 N–H and O–H groups in total. The van der Waals surface area contributed by atoms with E-state index in [1.807, 2.05) is 6.92 Å². The molecule has 0 bridgehead atoms. The normalized spacial score (nSPS) is 26.6. The summed E-state index contributed by atoms with van der Waals surface area (Å²) in [5, 5.41) is -0.308. The highest BCUT2D eigenvalue weighted by Crippen LogP contribution is 2.15. The Morgan fingerprint density at radius 1 is 1.71 bits per heavy atom. The molecule has 1 saturated heterocycles. The Morgan fingerprint density at radius 2 is 2.36 bits per heavy atom. The molecule has 1 aliphatic rings. The summed E-state index contributed by atoms with van der Waals surface area (Å²) in [5.41, 5.74) is 5.70. The first kappa shape index (κ1) is 11.7. The molecule has 1 fully saturated rings. The van der Waals surface area contributed by atoms with Gasteiger partial charge in [-0.05, 0) is 12.8 Å². The summed E-state index contributed by atoms with van der Waals surface area (Å²) < 4.78 is 11.8. The maximum absolute atomic E-state index is 11.8. The second-order valence-electron chi connectivity index (χ2n) is 3.75. The van der Waals surface area contributed by atoms with Crippen molar-refractivity contribution in [1.82, 2.24) is 4.90 Å². The van der Waals surface area contributed by atoms with Crippen molar-refractivity contribution in [3.63, 3.8) is 0 Å². The standard InChI is InChI=1S/C9H18N2O2S/c1-3-7(10)6-14(13)8-4-5-11(2)9(8)12/h7-8H,3-6,10H2,1-2H3. The molecule has 0 saturated carbocycles. The maximum Gasteiger partial charge on any atom is 0.238 e. The van der Waals surface area contributed by atoms with Crippen LogP contribution in [0.4, 0.5) is 0 Å². The van der Waals surface area contributed by atoms with Crippen molar-refractivity contribution in [1.29, 1.82) is 0 Å². The number of nitrogens with zero attached hydrogens (tertiary/aromatic N) is 1. The van der Waals surface area contributed by atoms with Crippen molar-refractivity contribution in [2.75, 3.05) is 19.3 Å². The van der Waals surface area contributed by atoms with E-state index in [-0.39, 0.29) is 17.2 Å². The lowest BCUT2D eigenvalue weighted by atomic mass is 10.3. The zero-order valence-corrected chi connectivity index (χ0v) is 9.55. The van der Waals surface area contributed by atoms with Gasteiger partial charge in [-0.3, -0.25) is 9.00 Å². The van der Waals surface area contributed by atoms with E-state index in [1.165, 1.54) is 0 Å². The Hall–Kier alpha value is -0.420. The van der Waals surface area contributed by atoms with E-state index in [1.54, 1.807) is 11.9 Å². The molecule has 1 rings (SSSR count). The van der Waals surface area contributed by atoms with Crippen LogP contribution < -0.4 is 5.73 Å². The lowest BCUT2D eigenvalue weighted by Gasteiger charge is -2.12. The largest absolute Gasteiger partial charge is 0.345 e. The summed E-state index contributed by atoms with van der Waals surface area (Å²) in [7, 11) is 0.657. The lowest BCUT2D eigenvalue weighted by molar-refractivity contribution is -0.126. The number of hydrogen-bond donors (Lipinski definition) is 1. The van der Waals surface area contributed by atoms with Crippen LogP contribution in [0.15, 0.2) is 0 Å². The van der Waals surface area contributed by atoms with Crippen molar-refractivity contribution in [2.45, 2.75) is 31.1 Å². The predicted octanol–water partition coefficient (Wildman–Crippen LogP) is -0.297. The fraction of sp³-hybridized carbons (Fsp3) is 0.889. The predicted molar refractivity (Wildman–Crippen MR) is 57.3 cm³/mol. The molecule has 0 radical (unpaired) electrons. The zero-order chi connectivity index (χ0) is 10.7. The second-order valence-corrected chi connectivity index (χ2v) is 5.42. The van der Waals surface area contributed by atoms with Crippen LogP contribution in [0, 0.1) is 0 Å². The Labute approximate surface area is 87.3 Å². The van der Waals surface area contributed by atoms with Gasteiger partial charge in [0.05, 0.1) is 0 Å². The first-order valence-electron chi connectivity index (χ1n) is 4.94. The summed E-state index contributed by atoms with van der Waals surface area (Å²) in [4.78, 5) is 13.1. The quantitative estimate of drug-likeness (QED) is 0.705. The number of amides is 1. The molecule has 1 amide bonds. The minimum absolute atomic E-state index is 0.00614. The number of likely N-dealkylation sites (tertiary alicyclic amines) is 1. The molecular weight excluding hydrogens is 200 g/mol. The summed E-state index contributed by atoms with van der Waals surface area (Å²) in [5.74, 6) is 0.451. The average Bonchev–Trinajstić information content (AvgIpc) is 2.47. The van der Waals surface area contributed by atoms with Crippen molar-refractivity contribution < 1.29 is 9.00 Å². The Kier molecular flexibility index (Phi) is 4.07. The molecule has 0 aromatic rings. The molecule has 5 heteroatoms. The van der Waals surface area contributed by atoms with Crippen LogP contribution in [-0.2, 0) is 15.6 Å². The SMILES string of the molecule is CCC(N)CS(=O)C1CCN(C)C1=O. The van der Waals surface area contributed by atoms with Gasteiger partial charge in [-0.2, -0.15) is 0 Å². The number of rotatable bonds is 4. The van der Waals surface area contributed by atoms with E-state index < -0.39 is 10.8 Å². The Bertz CT molecular complexity index is 245. The van der Waals surface area contributed by atoms with Gasteiger partial charge < -0.3 is 10.6 Å². The Morgan fingerprint density at radius 3 is 2.79 bits per heavy atom. The fourth-order valence-corrected chi connectivity index (χ4v) is 3.14. The molecule has 3 atom stereocenters. The van der Waals surface area contributed by atoms with E-state index in [9.17, 15) is 9.00 Å². The molecule has 1 heterocycles. The van der Waals surface area contributed by atoms with Crippen molar-refractivity contribution in [3.8, 4) is 0 Å². The highest BCUT2D eigenvalue weighted by molar-refractivity contribution is 7.86. The first-order chi connectivity index (χ1) is 6.56. The molecule has 4 nitrogen and oxygen atoms in total. The highest BCUT2D eigenvalue weighted by Gasteiger charge is 2.33. The molecule has 0 aromatic heterocycles. The van der Waals surface area contributed by atoms with Crippen LogP contribution in [0.3, 0.4) is 0 Å². The van der Waals surface area contributed by atoms with Gasteiger partial charge in [0.25, 0.3) is 0 Å². The maximum atomic E-state index is 11.8. The van der Waals surface area contributed by atoms with Crippen molar-refractivity contribution in [2.24, 2.45) is 5.73 Å². The van der Waals surface area contributed by atoms with Gasteiger partial charge in [0.15, 0.2) is 0 Å². The molecule has 3 unspecified atom stereocenters. The summed E-state index contributed by atoms with van der Waals surface area (Å²) >= 11 is 0. The van der Waals surface area contributed by atoms with Crippen molar-refractivity contribution in [3.05, 3.63) is 0 Å². The lowest BCUT2D eigenvalue weighted by Crippen LogP contribution is -2.34. The topological polar surface area (TPSA) is 63.4 Å². The Balaban J connectivity index is 2.50. The monoisotopic (exact) mass is 218 g/mol. The third kappa shape index (κ3) is 2.54. The minimum Gasteiger partial charge on any atom is -0.345 e. The van der Waals surface area contributed by atoms with E-state index in [0.717, 1.165) is 13.0 Å². The number of nitrogens with two attached hydrogens (primary N) is 1. The van der Waals surface area contributed by atoms with E-state index >= 15 is 0 Å². The smallest absolute Gasteiger partial charge is 0.238 e.